The lowest BCUT2D eigenvalue weighted by atomic mass is 9.84. The Balaban J connectivity index is 1.98. The van der Waals surface area contributed by atoms with Gasteiger partial charge in [0.2, 0.25) is 11.8 Å². The lowest BCUT2D eigenvalue weighted by Gasteiger charge is -2.36. The fourth-order valence-electron chi connectivity index (χ4n) is 2.63. The summed E-state index contributed by atoms with van der Waals surface area (Å²) >= 11 is 0. The van der Waals surface area contributed by atoms with Crippen molar-refractivity contribution in [3.63, 3.8) is 0 Å². The zero-order valence-corrected chi connectivity index (χ0v) is 11.3. The number of nitrogens with two attached hydrogens (primary N) is 1. The molecule has 2 atom stereocenters. The highest BCUT2D eigenvalue weighted by atomic mass is 16.5. The predicted molar refractivity (Wildman–Crippen MR) is 74.3 cm³/mol. The van der Waals surface area contributed by atoms with Gasteiger partial charge in [-0.25, -0.2) is 0 Å². The number of benzene rings is 1. The molecule has 6 nitrogen and oxygen atoms in total. The van der Waals surface area contributed by atoms with Crippen LogP contribution in [0.25, 0.3) is 0 Å². The lowest BCUT2D eigenvalue weighted by molar-refractivity contribution is -0.129. The number of nitrogens with zero attached hydrogens (tertiary/aromatic N) is 1. The van der Waals surface area contributed by atoms with Crippen molar-refractivity contribution in [2.75, 3.05) is 30.0 Å². The maximum atomic E-state index is 12.8. The third kappa shape index (κ3) is 1.88. The van der Waals surface area contributed by atoms with E-state index in [1.54, 1.807) is 13.0 Å². The average molecular weight is 275 g/mol. The summed E-state index contributed by atoms with van der Waals surface area (Å²) in [7, 11) is 0. The highest BCUT2D eigenvalue weighted by molar-refractivity contribution is 6.11. The zero-order valence-electron chi connectivity index (χ0n) is 11.3. The van der Waals surface area contributed by atoms with Crippen molar-refractivity contribution in [2.24, 2.45) is 11.1 Å². The number of carbonyl (C=O) groups excluding carboxylic acids is 2. The van der Waals surface area contributed by atoms with E-state index >= 15 is 0 Å². The van der Waals surface area contributed by atoms with Gasteiger partial charge in [0.25, 0.3) is 0 Å². The standard InChI is InChI=1S/C14H17N3O3/c1-14(8-20-7-11(14)15)13(19)17-6-12(18)16-9-4-2-3-5-10(9)17/h2-5,11H,6-8,15H2,1H3,(H,16,18). The lowest BCUT2D eigenvalue weighted by Crippen LogP contribution is -2.54. The van der Waals surface area contributed by atoms with E-state index in [4.69, 9.17) is 10.5 Å². The van der Waals surface area contributed by atoms with Crippen molar-refractivity contribution in [1.82, 2.24) is 0 Å². The molecule has 0 aromatic heterocycles. The van der Waals surface area contributed by atoms with Crippen LogP contribution in [0.1, 0.15) is 6.92 Å². The van der Waals surface area contributed by atoms with E-state index in [1.165, 1.54) is 4.90 Å². The second-order valence-electron chi connectivity index (χ2n) is 5.50. The van der Waals surface area contributed by atoms with E-state index in [0.717, 1.165) is 0 Å². The fraction of sp³-hybridized carbons (Fsp3) is 0.429. The zero-order chi connectivity index (χ0) is 14.3. The number of nitrogens with one attached hydrogen (secondary N) is 1. The van der Waals surface area contributed by atoms with Crippen LogP contribution < -0.4 is 16.0 Å². The first-order valence-electron chi connectivity index (χ1n) is 6.56. The Morgan fingerprint density at radius 1 is 1.50 bits per heavy atom. The second-order valence-corrected chi connectivity index (χ2v) is 5.50. The van der Waals surface area contributed by atoms with Gasteiger partial charge in [-0.3, -0.25) is 9.59 Å². The second kappa shape index (κ2) is 4.57. The SMILES string of the molecule is CC1(C(=O)N2CC(=O)Nc3ccccc32)COCC1N. The molecular weight excluding hydrogens is 258 g/mol. The molecule has 0 radical (unpaired) electrons. The molecule has 2 heterocycles. The van der Waals surface area contributed by atoms with Gasteiger partial charge in [-0.15, -0.1) is 0 Å². The molecule has 20 heavy (non-hydrogen) atoms. The molecule has 0 bridgehead atoms. The molecule has 1 aromatic rings. The molecule has 1 fully saturated rings. The molecule has 1 aromatic carbocycles. The van der Waals surface area contributed by atoms with Gasteiger partial charge in [0, 0.05) is 6.04 Å². The van der Waals surface area contributed by atoms with Crippen LogP contribution in [0, 0.1) is 5.41 Å². The average Bonchev–Trinajstić information content (AvgIpc) is 2.78. The van der Waals surface area contributed by atoms with Gasteiger partial charge in [0.15, 0.2) is 0 Å². The Morgan fingerprint density at radius 3 is 2.95 bits per heavy atom. The number of ether oxygens (including phenoxy) is 1. The number of hydrogen-bond donors (Lipinski definition) is 2. The predicted octanol–water partition coefficient (Wildman–Crippen LogP) is 0.335. The van der Waals surface area contributed by atoms with Crippen molar-refractivity contribution in [3.05, 3.63) is 24.3 Å². The fourth-order valence-corrected chi connectivity index (χ4v) is 2.63. The molecule has 2 aliphatic heterocycles. The monoisotopic (exact) mass is 275 g/mol. The van der Waals surface area contributed by atoms with Gasteiger partial charge in [0.05, 0.1) is 30.0 Å². The largest absolute Gasteiger partial charge is 0.379 e. The molecule has 1 saturated heterocycles. The van der Waals surface area contributed by atoms with Crippen molar-refractivity contribution in [2.45, 2.75) is 13.0 Å². The first kappa shape index (κ1) is 13.1. The molecule has 0 spiro atoms. The third-order valence-electron chi connectivity index (χ3n) is 4.02. The molecule has 2 aliphatic rings. The molecule has 6 heteroatoms. The first-order valence-corrected chi connectivity index (χ1v) is 6.56. The summed E-state index contributed by atoms with van der Waals surface area (Å²) in [6.45, 7) is 2.46. The highest BCUT2D eigenvalue weighted by Crippen LogP contribution is 2.35. The van der Waals surface area contributed by atoms with E-state index in [9.17, 15) is 9.59 Å². The molecule has 106 valence electrons. The summed E-state index contributed by atoms with van der Waals surface area (Å²) in [5.41, 5.74) is 6.57. The number of fused-ring (bicyclic) bond motifs is 1. The highest BCUT2D eigenvalue weighted by Gasteiger charge is 2.47. The van der Waals surface area contributed by atoms with Crippen LogP contribution in [0.3, 0.4) is 0 Å². The smallest absolute Gasteiger partial charge is 0.244 e. The van der Waals surface area contributed by atoms with Gasteiger partial charge < -0.3 is 20.7 Å². The van der Waals surface area contributed by atoms with Crippen LogP contribution in [0.5, 0.6) is 0 Å². The molecule has 2 unspecified atom stereocenters. The molecule has 0 saturated carbocycles. The maximum Gasteiger partial charge on any atom is 0.244 e. The van der Waals surface area contributed by atoms with Crippen LogP contribution in [-0.4, -0.2) is 37.6 Å². The van der Waals surface area contributed by atoms with E-state index in [-0.39, 0.29) is 31.0 Å². The summed E-state index contributed by atoms with van der Waals surface area (Å²) in [5, 5.41) is 2.76. The van der Waals surface area contributed by atoms with Crippen LogP contribution in [-0.2, 0) is 14.3 Å². The molecule has 3 N–H and O–H groups in total. The number of amides is 2. The van der Waals surface area contributed by atoms with Gasteiger partial charge in [-0.1, -0.05) is 12.1 Å². The minimum atomic E-state index is -0.787. The quantitative estimate of drug-likeness (QED) is 0.774. The van der Waals surface area contributed by atoms with Crippen LogP contribution in [0.2, 0.25) is 0 Å². The van der Waals surface area contributed by atoms with Gasteiger partial charge in [-0.2, -0.15) is 0 Å². The van der Waals surface area contributed by atoms with Gasteiger partial charge in [-0.05, 0) is 19.1 Å². The van der Waals surface area contributed by atoms with Crippen molar-refractivity contribution < 1.29 is 14.3 Å². The number of para-hydroxylation sites is 2. The summed E-state index contributed by atoms with van der Waals surface area (Å²) in [6.07, 6.45) is 0. The summed E-state index contributed by atoms with van der Waals surface area (Å²) < 4.78 is 5.33. The Kier molecular flexibility index (Phi) is 2.99. The Labute approximate surface area is 116 Å². The minimum Gasteiger partial charge on any atom is -0.379 e. The molecule has 0 aliphatic carbocycles. The number of anilines is 2. The third-order valence-corrected chi connectivity index (χ3v) is 4.02. The summed E-state index contributed by atoms with van der Waals surface area (Å²) in [6, 6.07) is 6.90. The van der Waals surface area contributed by atoms with Crippen molar-refractivity contribution >= 4 is 23.2 Å². The minimum absolute atomic E-state index is 0.0121. The van der Waals surface area contributed by atoms with Crippen LogP contribution in [0.4, 0.5) is 11.4 Å². The Bertz CT molecular complexity index is 575. The first-order chi connectivity index (χ1) is 9.52. The van der Waals surface area contributed by atoms with E-state index in [0.29, 0.717) is 18.0 Å². The molecule has 2 amide bonds. The molecule has 3 rings (SSSR count). The topological polar surface area (TPSA) is 84.7 Å². The number of hydrogen-bond acceptors (Lipinski definition) is 4. The van der Waals surface area contributed by atoms with E-state index in [2.05, 4.69) is 5.32 Å². The van der Waals surface area contributed by atoms with E-state index in [1.807, 2.05) is 18.2 Å². The van der Waals surface area contributed by atoms with Crippen molar-refractivity contribution in [3.8, 4) is 0 Å². The van der Waals surface area contributed by atoms with Crippen LogP contribution in [0.15, 0.2) is 24.3 Å². The number of carbonyl (C=O) groups is 2. The normalized spacial score (nSPS) is 29.0. The summed E-state index contributed by atoms with van der Waals surface area (Å²) in [4.78, 5) is 26.1. The maximum absolute atomic E-state index is 12.8. The Morgan fingerprint density at radius 2 is 2.25 bits per heavy atom. The summed E-state index contributed by atoms with van der Waals surface area (Å²) in [5.74, 6) is -0.363. The van der Waals surface area contributed by atoms with Crippen LogP contribution >= 0.6 is 0 Å². The van der Waals surface area contributed by atoms with Gasteiger partial charge in [0.1, 0.15) is 6.54 Å². The van der Waals surface area contributed by atoms with Gasteiger partial charge >= 0.3 is 0 Å². The molecular formula is C14H17N3O3. The number of rotatable bonds is 1. The van der Waals surface area contributed by atoms with Crippen molar-refractivity contribution in [1.29, 1.82) is 0 Å². The Hall–Kier alpha value is -1.92. The van der Waals surface area contributed by atoms with E-state index < -0.39 is 5.41 Å².